The van der Waals surface area contributed by atoms with E-state index >= 15 is 0 Å². The zero-order chi connectivity index (χ0) is 11.3. The van der Waals surface area contributed by atoms with Crippen molar-refractivity contribution in [1.29, 1.82) is 0 Å². The summed E-state index contributed by atoms with van der Waals surface area (Å²) in [7, 11) is 1.61. The first-order valence-electron chi connectivity index (χ1n) is 4.63. The van der Waals surface area contributed by atoms with Crippen molar-refractivity contribution in [2.24, 2.45) is 0 Å². The number of nitrogens with one attached hydrogen (secondary N) is 1. The van der Waals surface area contributed by atoms with Crippen molar-refractivity contribution in [2.75, 3.05) is 25.6 Å². The van der Waals surface area contributed by atoms with Crippen LogP contribution in [0.5, 0.6) is 0 Å². The molecule has 0 unspecified atom stereocenters. The molecule has 0 heterocycles. The van der Waals surface area contributed by atoms with E-state index < -0.39 is 4.92 Å². The van der Waals surface area contributed by atoms with Crippen molar-refractivity contribution >= 4 is 11.4 Å². The SMILES string of the molecule is COCCNc1cc([N+](=O)[O-])ccc1C. The van der Waals surface area contributed by atoms with Crippen LogP contribution in [0.1, 0.15) is 5.56 Å². The summed E-state index contributed by atoms with van der Waals surface area (Å²) in [6.45, 7) is 3.11. The molecule has 5 heteroatoms. The van der Waals surface area contributed by atoms with Crippen molar-refractivity contribution < 1.29 is 9.66 Å². The van der Waals surface area contributed by atoms with E-state index in [2.05, 4.69) is 5.32 Å². The van der Waals surface area contributed by atoms with E-state index in [1.807, 2.05) is 6.92 Å². The summed E-state index contributed by atoms with van der Waals surface area (Å²) in [6, 6.07) is 4.76. The number of benzene rings is 1. The molecule has 0 aliphatic rings. The number of hydrogen-bond donors (Lipinski definition) is 1. The molecule has 0 aliphatic carbocycles. The molecule has 0 aromatic heterocycles. The summed E-state index contributed by atoms with van der Waals surface area (Å²) < 4.78 is 4.88. The van der Waals surface area contributed by atoms with Gasteiger partial charge in [0.15, 0.2) is 0 Å². The van der Waals surface area contributed by atoms with Gasteiger partial charge in [-0.05, 0) is 12.5 Å². The van der Waals surface area contributed by atoms with Crippen LogP contribution in [0.15, 0.2) is 18.2 Å². The van der Waals surface area contributed by atoms with Gasteiger partial charge in [0.2, 0.25) is 0 Å². The van der Waals surface area contributed by atoms with Crippen LogP contribution >= 0.6 is 0 Å². The summed E-state index contributed by atoms with van der Waals surface area (Å²) in [4.78, 5) is 10.1. The lowest BCUT2D eigenvalue weighted by molar-refractivity contribution is -0.384. The van der Waals surface area contributed by atoms with Gasteiger partial charge in [-0.3, -0.25) is 10.1 Å². The Balaban J connectivity index is 2.76. The van der Waals surface area contributed by atoms with Gasteiger partial charge in [0.05, 0.1) is 11.5 Å². The third kappa shape index (κ3) is 3.21. The number of rotatable bonds is 5. The fraction of sp³-hybridized carbons (Fsp3) is 0.400. The number of nitro groups is 1. The highest BCUT2D eigenvalue weighted by Crippen LogP contribution is 2.21. The standard InChI is InChI=1S/C10H14N2O3/c1-8-3-4-9(12(13)14)7-10(8)11-5-6-15-2/h3-4,7,11H,5-6H2,1-2H3. The number of non-ortho nitro benzene ring substituents is 1. The van der Waals surface area contributed by atoms with Crippen molar-refractivity contribution in [3.05, 3.63) is 33.9 Å². The van der Waals surface area contributed by atoms with Crippen molar-refractivity contribution in [3.63, 3.8) is 0 Å². The Morgan fingerprint density at radius 2 is 2.27 bits per heavy atom. The number of nitrogens with zero attached hydrogens (tertiary/aromatic N) is 1. The van der Waals surface area contributed by atoms with Gasteiger partial charge in [0.1, 0.15) is 0 Å². The number of nitro benzene ring substituents is 1. The molecule has 0 fully saturated rings. The Kier molecular flexibility index (Phi) is 4.05. The number of aryl methyl sites for hydroxylation is 1. The first kappa shape index (κ1) is 11.5. The molecule has 0 bridgehead atoms. The van der Waals surface area contributed by atoms with E-state index in [-0.39, 0.29) is 5.69 Å². The smallest absolute Gasteiger partial charge is 0.271 e. The first-order chi connectivity index (χ1) is 7.15. The van der Waals surface area contributed by atoms with Crippen LogP contribution < -0.4 is 5.32 Å². The van der Waals surface area contributed by atoms with Crippen LogP contribution in [0.25, 0.3) is 0 Å². The van der Waals surface area contributed by atoms with Gasteiger partial charge in [0.25, 0.3) is 5.69 Å². The highest BCUT2D eigenvalue weighted by atomic mass is 16.6. The Hall–Kier alpha value is -1.62. The highest BCUT2D eigenvalue weighted by molar-refractivity contribution is 5.56. The average molecular weight is 210 g/mol. The van der Waals surface area contributed by atoms with E-state index in [0.717, 1.165) is 11.3 Å². The van der Waals surface area contributed by atoms with Crippen LogP contribution in [0.2, 0.25) is 0 Å². The maximum absolute atomic E-state index is 10.5. The minimum atomic E-state index is -0.402. The fourth-order valence-electron chi connectivity index (χ4n) is 1.20. The van der Waals surface area contributed by atoms with Gasteiger partial charge >= 0.3 is 0 Å². The molecule has 15 heavy (non-hydrogen) atoms. The number of methoxy groups -OCH3 is 1. The van der Waals surface area contributed by atoms with Crippen LogP contribution in [0, 0.1) is 17.0 Å². The largest absolute Gasteiger partial charge is 0.383 e. The Morgan fingerprint density at radius 3 is 2.87 bits per heavy atom. The molecule has 0 atom stereocenters. The summed E-state index contributed by atoms with van der Waals surface area (Å²) in [5.74, 6) is 0. The fourth-order valence-corrected chi connectivity index (χ4v) is 1.20. The van der Waals surface area contributed by atoms with Gasteiger partial charge < -0.3 is 10.1 Å². The van der Waals surface area contributed by atoms with Crippen LogP contribution in [-0.2, 0) is 4.74 Å². The van der Waals surface area contributed by atoms with Gasteiger partial charge in [0, 0.05) is 31.5 Å². The lowest BCUT2D eigenvalue weighted by Crippen LogP contribution is -2.08. The normalized spacial score (nSPS) is 10.0. The number of anilines is 1. The molecule has 0 saturated heterocycles. The average Bonchev–Trinajstić information content (AvgIpc) is 2.20. The molecule has 1 rings (SSSR count). The molecule has 5 nitrogen and oxygen atoms in total. The molecule has 1 aromatic rings. The Labute approximate surface area is 88.2 Å². The predicted octanol–water partition coefficient (Wildman–Crippen LogP) is 1.96. The molecule has 1 aromatic carbocycles. The second-order valence-electron chi connectivity index (χ2n) is 3.18. The zero-order valence-electron chi connectivity index (χ0n) is 8.82. The van der Waals surface area contributed by atoms with Crippen LogP contribution in [0.3, 0.4) is 0 Å². The Morgan fingerprint density at radius 1 is 1.53 bits per heavy atom. The lowest BCUT2D eigenvalue weighted by atomic mass is 10.2. The lowest BCUT2D eigenvalue weighted by Gasteiger charge is -2.08. The van der Waals surface area contributed by atoms with E-state index in [9.17, 15) is 10.1 Å². The second-order valence-corrected chi connectivity index (χ2v) is 3.18. The second kappa shape index (κ2) is 5.31. The summed E-state index contributed by atoms with van der Waals surface area (Å²) in [5.41, 5.74) is 1.86. The predicted molar refractivity (Wildman–Crippen MR) is 58.2 cm³/mol. The maximum atomic E-state index is 10.5. The van der Waals surface area contributed by atoms with Crippen molar-refractivity contribution in [1.82, 2.24) is 0 Å². The molecule has 0 saturated carbocycles. The third-order valence-electron chi connectivity index (χ3n) is 2.05. The number of ether oxygens (including phenoxy) is 1. The molecule has 82 valence electrons. The minimum Gasteiger partial charge on any atom is -0.383 e. The summed E-state index contributed by atoms with van der Waals surface area (Å²) >= 11 is 0. The molecule has 0 amide bonds. The highest BCUT2D eigenvalue weighted by Gasteiger charge is 2.07. The molecular formula is C10H14N2O3. The van der Waals surface area contributed by atoms with E-state index in [0.29, 0.717) is 13.2 Å². The number of hydrogen-bond acceptors (Lipinski definition) is 4. The molecule has 1 N–H and O–H groups in total. The van der Waals surface area contributed by atoms with E-state index in [4.69, 9.17) is 4.74 Å². The molecular weight excluding hydrogens is 196 g/mol. The summed E-state index contributed by atoms with van der Waals surface area (Å²) in [5, 5.41) is 13.6. The summed E-state index contributed by atoms with van der Waals surface area (Å²) in [6.07, 6.45) is 0. The molecule has 0 radical (unpaired) electrons. The van der Waals surface area contributed by atoms with Crippen LogP contribution in [0.4, 0.5) is 11.4 Å². The van der Waals surface area contributed by atoms with Crippen molar-refractivity contribution in [2.45, 2.75) is 6.92 Å². The van der Waals surface area contributed by atoms with Gasteiger partial charge in [-0.1, -0.05) is 6.07 Å². The quantitative estimate of drug-likeness (QED) is 0.458. The third-order valence-corrected chi connectivity index (χ3v) is 2.05. The monoisotopic (exact) mass is 210 g/mol. The van der Waals surface area contributed by atoms with E-state index in [1.54, 1.807) is 13.2 Å². The van der Waals surface area contributed by atoms with Gasteiger partial charge in [-0.25, -0.2) is 0 Å². The van der Waals surface area contributed by atoms with Crippen LogP contribution in [-0.4, -0.2) is 25.2 Å². The molecule has 0 spiro atoms. The van der Waals surface area contributed by atoms with Crippen molar-refractivity contribution in [3.8, 4) is 0 Å². The minimum absolute atomic E-state index is 0.0977. The molecule has 0 aliphatic heterocycles. The van der Waals surface area contributed by atoms with Gasteiger partial charge in [-0.2, -0.15) is 0 Å². The Bertz CT molecular complexity index is 353. The maximum Gasteiger partial charge on any atom is 0.271 e. The topological polar surface area (TPSA) is 64.4 Å². The zero-order valence-corrected chi connectivity index (χ0v) is 8.82. The first-order valence-corrected chi connectivity index (χ1v) is 4.63. The van der Waals surface area contributed by atoms with E-state index in [1.165, 1.54) is 12.1 Å². The van der Waals surface area contributed by atoms with Gasteiger partial charge in [-0.15, -0.1) is 0 Å².